The van der Waals surface area contributed by atoms with Crippen molar-refractivity contribution in [3.8, 4) is 5.75 Å². The number of rotatable bonds is 6. The molecule has 7 nitrogen and oxygen atoms in total. The molecule has 2 aromatic rings. The van der Waals surface area contributed by atoms with Gasteiger partial charge in [0.2, 0.25) is 0 Å². The largest absolute Gasteiger partial charge is 0.481 e. The summed E-state index contributed by atoms with van der Waals surface area (Å²) in [6.45, 7) is 11.0. The van der Waals surface area contributed by atoms with Crippen molar-refractivity contribution in [1.29, 1.82) is 0 Å². The van der Waals surface area contributed by atoms with Gasteiger partial charge in [0.15, 0.2) is 11.6 Å². The van der Waals surface area contributed by atoms with Crippen LogP contribution in [0.15, 0.2) is 36.7 Å². The van der Waals surface area contributed by atoms with Crippen LogP contribution in [0, 0.1) is 0 Å². The molecule has 0 bridgehead atoms. The highest BCUT2D eigenvalue weighted by molar-refractivity contribution is 5.93. The first-order valence-corrected chi connectivity index (χ1v) is 8.78. The molecule has 7 heteroatoms. The van der Waals surface area contributed by atoms with Crippen molar-refractivity contribution in [2.75, 3.05) is 5.32 Å². The Labute approximate surface area is 159 Å². The highest BCUT2D eigenvalue weighted by Gasteiger charge is 2.30. The quantitative estimate of drug-likeness (QED) is 0.809. The molecule has 1 aromatic carbocycles. The fourth-order valence-corrected chi connectivity index (χ4v) is 2.33. The van der Waals surface area contributed by atoms with Crippen LogP contribution in [-0.4, -0.2) is 32.9 Å². The zero-order chi connectivity index (χ0) is 20.4. The maximum Gasteiger partial charge on any atom is 0.331 e. The summed E-state index contributed by atoms with van der Waals surface area (Å²) in [6, 6.07) is 7.67. The number of amides is 1. The maximum atomic E-state index is 12.4. The Bertz CT molecular complexity index is 834. The molecular formula is C20H27N3O4. The van der Waals surface area contributed by atoms with E-state index in [9.17, 15) is 14.7 Å². The predicted molar refractivity (Wildman–Crippen MR) is 103 cm³/mol. The van der Waals surface area contributed by atoms with Crippen LogP contribution in [0.5, 0.6) is 5.75 Å². The molecule has 1 amide bonds. The monoisotopic (exact) mass is 373 g/mol. The van der Waals surface area contributed by atoms with Gasteiger partial charge in [0, 0.05) is 6.20 Å². The summed E-state index contributed by atoms with van der Waals surface area (Å²) in [5.41, 5.74) is 0.299. The van der Waals surface area contributed by atoms with E-state index in [4.69, 9.17) is 4.74 Å². The van der Waals surface area contributed by atoms with E-state index in [2.05, 4.69) is 31.2 Å². The molecule has 1 atom stereocenters. The van der Waals surface area contributed by atoms with Gasteiger partial charge in [-0.25, -0.2) is 4.79 Å². The van der Waals surface area contributed by atoms with Crippen LogP contribution in [0.2, 0.25) is 0 Å². The van der Waals surface area contributed by atoms with Gasteiger partial charge >= 0.3 is 5.97 Å². The zero-order valence-electron chi connectivity index (χ0n) is 16.6. The zero-order valence-corrected chi connectivity index (χ0v) is 16.6. The third kappa shape index (κ3) is 4.87. The standard InChI is InChI=1S/C20H27N3O4/c1-13(27-16-9-7-8-14(10-16)19(2,3)4)17(24)22-15-11-21-23(12-15)20(5,6)18(25)26/h7-13H,1-6H3,(H,22,24)(H,25,26). The van der Waals surface area contributed by atoms with Crippen molar-refractivity contribution in [1.82, 2.24) is 9.78 Å². The fourth-order valence-electron chi connectivity index (χ4n) is 2.33. The van der Waals surface area contributed by atoms with Gasteiger partial charge in [-0.15, -0.1) is 0 Å². The Morgan fingerprint density at radius 2 is 1.89 bits per heavy atom. The maximum absolute atomic E-state index is 12.4. The number of ether oxygens (including phenoxy) is 1. The van der Waals surface area contributed by atoms with Crippen molar-refractivity contribution >= 4 is 17.6 Å². The fraction of sp³-hybridized carbons (Fsp3) is 0.450. The van der Waals surface area contributed by atoms with E-state index in [1.54, 1.807) is 6.92 Å². The van der Waals surface area contributed by atoms with Gasteiger partial charge < -0.3 is 15.2 Å². The van der Waals surface area contributed by atoms with Crippen molar-refractivity contribution < 1.29 is 19.4 Å². The summed E-state index contributed by atoms with van der Waals surface area (Å²) in [4.78, 5) is 23.7. The van der Waals surface area contributed by atoms with Crippen molar-refractivity contribution in [2.24, 2.45) is 0 Å². The first kappa shape index (κ1) is 20.5. The summed E-state index contributed by atoms with van der Waals surface area (Å²) in [7, 11) is 0. The molecule has 0 saturated heterocycles. The Morgan fingerprint density at radius 1 is 1.22 bits per heavy atom. The third-order valence-corrected chi connectivity index (χ3v) is 4.33. The minimum atomic E-state index is -1.21. The molecule has 0 spiro atoms. The molecule has 0 aliphatic rings. The normalized spacial score (nSPS) is 13.1. The average Bonchev–Trinajstić information content (AvgIpc) is 3.03. The Kier molecular flexibility index (Phi) is 5.63. The Hall–Kier alpha value is -2.83. The Morgan fingerprint density at radius 3 is 2.48 bits per heavy atom. The number of hydrogen-bond acceptors (Lipinski definition) is 4. The molecule has 0 aliphatic heterocycles. The lowest BCUT2D eigenvalue weighted by Gasteiger charge is -2.21. The summed E-state index contributed by atoms with van der Waals surface area (Å²) in [5, 5.41) is 16.0. The Balaban J connectivity index is 2.05. The van der Waals surface area contributed by atoms with E-state index in [-0.39, 0.29) is 11.3 Å². The molecule has 0 aliphatic carbocycles. The second-order valence-corrected chi connectivity index (χ2v) is 8.06. The molecular weight excluding hydrogens is 346 g/mol. The molecule has 146 valence electrons. The number of nitrogens with zero attached hydrogens (tertiary/aromatic N) is 2. The van der Waals surface area contributed by atoms with Gasteiger partial charge in [0.05, 0.1) is 11.9 Å². The molecule has 1 heterocycles. The molecule has 1 unspecified atom stereocenters. The van der Waals surface area contributed by atoms with E-state index in [0.717, 1.165) is 5.56 Å². The highest BCUT2D eigenvalue weighted by Crippen LogP contribution is 2.26. The lowest BCUT2D eigenvalue weighted by molar-refractivity contribution is -0.146. The van der Waals surface area contributed by atoms with Gasteiger partial charge in [-0.1, -0.05) is 32.9 Å². The minimum absolute atomic E-state index is 0.0175. The topological polar surface area (TPSA) is 93.5 Å². The van der Waals surface area contributed by atoms with E-state index >= 15 is 0 Å². The van der Waals surface area contributed by atoms with Crippen LogP contribution in [0.4, 0.5) is 5.69 Å². The van der Waals surface area contributed by atoms with Gasteiger partial charge in [0.1, 0.15) is 5.75 Å². The van der Waals surface area contributed by atoms with E-state index in [1.807, 2.05) is 24.3 Å². The average molecular weight is 373 g/mol. The summed E-state index contributed by atoms with van der Waals surface area (Å²) >= 11 is 0. The molecule has 0 saturated carbocycles. The van der Waals surface area contributed by atoms with Crippen molar-refractivity contribution in [2.45, 2.75) is 58.6 Å². The molecule has 0 radical (unpaired) electrons. The van der Waals surface area contributed by atoms with E-state index in [0.29, 0.717) is 11.4 Å². The number of hydrogen-bond donors (Lipinski definition) is 2. The number of nitrogens with one attached hydrogen (secondary N) is 1. The second kappa shape index (κ2) is 7.42. The van der Waals surface area contributed by atoms with Crippen LogP contribution in [-0.2, 0) is 20.5 Å². The van der Waals surface area contributed by atoms with Crippen LogP contribution in [0.3, 0.4) is 0 Å². The number of benzene rings is 1. The van der Waals surface area contributed by atoms with Crippen molar-refractivity contribution in [3.05, 3.63) is 42.2 Å². The SMILES string of the molecule is CC(Oc1cccc(C(C)(C)C)c1)C(=O)Nc1cnn(C(C)(C)C(=O)O)c1. The van der Waals surface area contributed by atoms with Gasteiger partial charge in [0.25, 0.3) is 5.91 Å². The van der Waals surface area contributed by atoms with Gasteiger partial charge in [-0.2, -0.15) is 5.10 Å². The lowest BCUT2D eigenvalue weighted by atomic mass is 9.87. The summed E-state index contributed by atoms with van der Waals surface area (Å²) in [5.74, 6) is -0.740. The van der Waals surface area contributed by atoms with Crippen LogP contribution < -0.4 is 10.1 Å². The van der Waals surface area contributed by atoms with Gasteiger partial charge in [-0.3, -0.25) is 9.48 Å². The molecule has 27 heavy (non-hydrogen) atoms. The van der Waals surface area contributed by atoms with E-state index in [1.165, 1.54) is 30.9 Å². The number of anilines is 1. The summed E-state index contributed by atoms with van der Waals surface area (Å²) in [6.07, 6.45) is 2.17. The minimum Gasteiger partial charge on any atom is -0.481 e. The van der Waals surface area contributed by atoms with E-state index < -0.39 is 17.6 Å². The number of carbonyl (C=O) groups excluding carboxylic acids is 1. The molecule has 1 aromatic heterocycles. The van der Waals surface area contributed by atoms with Crippen LogP contribution in [0.25, 0.3) is 0 Å². The number of carboxylic acids is 1. The smallest absolute Gasteiger partial charge is 0.331 e. The predicted octanol–water partition coefficient (Wildman–Crippen LogP) is 3.41. The first-order chi connectivity index (χ1) is 12.4. The number of aromatic nitrogens is 2. The third-order valence-electron chi connectivity index (χ3n) is 4.33. The molecule has 2 N–H and O–H groups in total. The molecule has 2 rings (SSSR count). The first-order valence-electron chi connectivity index (χ1n) is 8.78. The number of carbonyl (C=O) groups is 2. The highest BCUT2D eigenvalue weighted by atomic mass is 16.5. The van der Waals surface area contributed by atoms with Crippen molar-refractivity contribution in [3.63, 3.8) is 0 Å². The summed E-state index contributed by atoms with van der Waals surface area (Å²) < 4.78 is 7.06. The van der Waals surface area contributed by atoms with Gasteiger partial charge in [-0.05, 0) is 43.9 Å². The van der Waals surface area contributed by atoms with Crippen LogP contribution >= 0.6 is 0 Å². The molecule has 0 fully saturated rings. The lowest BCUT2D eigenvalue weighted by Crippen LogP contribution is -2.36. The number of aliphatic carboxylic acids is 1. The van der Waals surface area contributed by atoms with Crippen LogP contribution in [0.1, 0.15) is 47.1 Å². The second-order valence-electron chi connectivity index (χ2n) is 8.06. The number of carboxylic acid groups (broad SMARTS) is 1.